The van der Waals surface area contributed by atoms with Crippen molar-refractivity contribution in [1.29, 1.82) is 0 Å². The average molecular weight is 229 g/mol. The van der Waals surface area contributed by atoms with Crippen molar-refractivity contribution < 1.29 is 4.42 Å². The normalized spacial score (nSPS) is 17.8. The summed E-state index contributed by atoms with van der Waals surface area (Å²) in [6.07, 6.45) is 6.49. The van der Waals surface area contributed by atoms with Crippen molar-refractivity contribution in [3.8, 4) is 0 Å². The smallest absolute Gasteiger partial charge is 0.198 e. The number of hydrogen-bond donors (Lipinski definition) is 0. The summed E-state index contributed by atoms with van der Waals surface area (Å²) >= 11 is 0. The highest BCUT2D eigenvalue weighted by Gasteiger charge is 2.21. The number of nitrogens with zero attached hydrogens (tertiary/aromatic N) is 1. The first-order valence-electron chi connectivity index (χ1n) is 6.62. The zero-order valence-corrected chi connectivity index (χ0v) is 10.6. The molecule has 0 bridgehead atoms. The maximum absolute atomic E-state index is 5.98. The second-order valence-corrected chi connectivity index (χ2v) is 5.32. The van der Waals surface area contributed by atoms with Crippen LogP contribution in [-0.2, 0) is 0 Å². The van der Waals surface area contributed by atoms with Gasteiger partial charge in [-0.05, 0) is 43.9 Å². The van der Waals surface area contributed by atoms with Crippen LogP contribution in [0.25, 0.3) is 11.1 Å². The van der Waals surface area contributed by atoms with Gasteiger partial charge in [-0.2, -0.15) is 0 Å². The lowest BCUT2D eigenvalue weighted by molar-refractivity contribution is 0.373. The fraction of sp³-hybridized carbons (Fsp3) is 0.533. The zero-order valence-electron chi connectivity index (χ0n) is 10.6. The molecule has 0 unspecified atom stereocenters. The molecule has 17 heavy (non-hydrogen) atoms. The van der Waals surface area contributed by atoms with E-state index < -0.39 is 0 Å². The van der Waals surface area contributed by atoms with Crippen molar-refractivity contribution in [2.24, 2.45) is 0 Å². The zero-order chi connectivity index (χ0) is 11.8. The summed E-state index contributed by atoms with van der Waals surface area (Å²) in [5, 5.41) is 0. The highest BCUT2D eigenvalue weighted by atomic mass is 16.3. The van der Waals surface area contributed by atoms with Crippen molar-refractivity contribution in [2.45, 2.75) is 51.9 Å². The quantitative estimate of drug-likeness (QED) is 0.720. The van der Waals surface area contributed by atoms with E-state index in [0.717, 1.165) is 17.0 Å². The van der Waals surface area contributed by atoms with Crippen molar-refractivity contribution in [3.05, 3.63) is 29.2 Å². The molecule has 3 rings (SSSR count). The van der Waals surface area contributed by atoms with Gasteiger partial charge in [-0.1, -0.05) is 25.3 Å². The van der Waals surface area contributed by atoms with Crippen LogP contribution in [0.5, 0.6) is 0 Å². The second-order valence-electron chi connectivity index (χ2n) is 5.32. The topological polar surface area (TPSA) is 26.0 Å². The standard InChI is InChI=1S/C15H19NO/c1-10-8-11(2)14-13(9-10)16-15(17-14)12-6-4-3-5-7-12/h8-9,12H,3-7H2,1-2H3. The summed E-state index contributed by atoms with van der Waals surface area (Å²) in [4.78, 5) is 4.69. The SMILES string of the molecule is Cc1cc(C)c2oc(C3CCCCC3)nc2c1. The van der Waals surface area contributed by atoms with E-state index in [2.05, 4.69) is 26.0 Å². The third-order valence-electron chi connectivity index (χ3n) is 3.79. The molecular formula is C15H19NO. The Hall–Kier alpha value is -1.31. The number of hydrogen-bond acceptors (Lipinski definition) is 2. The minimum absolute atomic E-state index is 0.552. The molecule has 1 heterocycles. The minimum atomic E-state index is 0.552. The molecule has 2 nitrogen and oxygen atoms in total. The summed E-state index contributed by atoms with van der Waals surface area (Å²) in [5.41, 5.74) is 4.48. The van der Waals surface area contributed by atoms with Crippen LogP contribution in [-0.4, -0.2) is 4.98 Å². The van der Waals surface area contributed by atoms with E-state index in [1.54, 1.807) is 0 Å². The number of rotatable bonds is 1. The predicted molar refractivity (Wildman–Crippen MR) is 69.3 cm³/mol. The van der Waals surface area contributed by atoms with E-state index in [0.29, 0.717) is 5.92 Å². The highest BCUT2D eigenvalue weighted by Crippen LogP contribution is 2.34. The molecule has 1 saturated carbocycles. The van der Waals surface area contributed by atoms with Gasteiger partial charge in [0.1, 0.15) is 5.52 Å². The van der Waals surface area contributed by atoms with Gasteiger partial charge < -0.3 is 4.42 Å². The monoisotopic (exact) mass is 229 g/mol. The molecule has 0 atom stereocenters. The maximum Gasteiger partial charge on any atom is 0.198 e. The maximum atomic E-state index is 5.98. The van der Waals surface area contributed by atoms with Crippen LogP contribution in [0.3, 0.4) is 0 Å². The number of aryl methyl sites for hydroxylation is 2. The van der Waals surface area contributed by atoms with Crippen LogP contribution in [0, 0.1) is 13.8 Å². The van der Waals surface area contributed by atoms with E-state index in [1.165, 1.54) is 43.2 Å². The molecule has 90 valence electrons. The Kier molecular flexibility index (Phi) is 2.65. The number of aromatic nitrogens is 1. The van der Waals surface area contributed by atoms with Crippen LogP contribution in [0.2, 0.25) is 0 Å². The third-order valence-corrected chi connectivity index (χ3v) is 3.79. The molecule has 1 aliphatic carbocycles. The summed E-state index contributed by atoms with van der Waals surface area (Å²) in [7, 11) is 0. The lowest BCUT2D eigenvalue weighted by Crippen LogP contribution is -2.04. The molecule has 2 heteroatoms. The fourth-order valence-corrected chi connectivity index (χ4v) is 2.92. The van der Waals surface area contributed by atoms with E-state index in [4.69, 9.17) is 9.40 Å². The molecule has 1 aromatic carbocycles. The molecule has 2 aromatic rings. The Bertz CT molecular complexity index is 535. The van der Waals surface area contributed by atoms with Crippen molar-refractivity contribution in [1.82, 2.24) is 4.98 Å². The van der Waals surface area contributed by atoms with Gasteiger partial charge in [-0.15, -0.1) is 0 Å². The highest BCUT2D eigenvalue weighted by molar-refractivity contribution is 5.77. The van der Waals surface area contributed by atoms with E-state index >= 15 is 0 Å². The molecule has 0 aliphatic heterocycles. The van der Waals surface area contributed by atoms with E-state index in [-0.39, 0.29) is 0 Å². The molecule has 0 saturated heterocycles. The Balaban J connectivity index is 2.03. The van der Waals surface area contributed by atoms with Crippen LogP contribution >= 0.6 is 0 Å². The summed E-state index contributed by atoms with van der Waals surface area (Å²) in [6, 6.07) is 4.29. The number of oxazole rings is 1. The summed E-state index contributed by atoms with van der Waals surface area (Å²) in [5.74, 6) is 1.52. The Morgan fingerprint density at radius 3 is 2.65 bits per heavy atom. The molecule has 1 aliphatic rings. The minimum Gasteiger partial charge on any atom is -0.440 e. The lowest BCUT2D eigenvalue weighted by atomic mass is 9.89. The summed E-state index contributed by atoms with van der Waals surface area (Å²) < 4.78 is 5.98. The molecule has 0 N–H and O–H groups in total. The van der Waals surface area contributed by atoms with Gasteiger partial charge >= 0.3 is 0 Å². The van der Waals surface area contributed by atoms with Gasteiger partial charge in [0.25, 0.3) is 0 Å². The molecular weight excluding hydrogens is 210 g/mol. The van der Waals surface area contributed by atoms with Crippen LogP contribution in [0.1, 0.15) is 55.0 Å². The van der Waals surface area contributed by atoms with Crippen molar-refractivity contribution >= 4 is 11.1 Å². The van der Waals surface area contributed by atoms with Crippen LogP contribution in [0.4, 0.5) is 0 Å². The third kappa shape index (κ3) is 1.97. The van der Waals surface area contributed by atoms with Gasteiger partial charge in [0.05, 0.1) is 0 Å². The molecule has 0 radical (unpaired) electrons. The lowest BCUT2D eigenvalue weighted by Gasteiger charge is -2.17. The predicted octanol–water partition coefficient (Wildman–Crippen LogP) is 4.49. The average Bonchev–Trinajstić information content (AvgIpc) is 2.74. The Morgan fingerprint density at radius 2 is 1.88 bits per heavy atom. The van der Waals surface area contributed by atoms with Gasteiger partial charge in [-0.25, -0.2) is 4.98 Å². The largest absolute Gasteiger partial charge is 0.440 e. The van der Waals surface area contributed by atoms with Crippen molar-refractivity contribution in [3.63, 3.8) is 0 Å². The first-order valence-corrected chi connectivity index (χ1v) is 6.62. The van der Waals surface area contributed by atoms with Gasteiger partial charge in [0.15, 0.2) is 11.5 Å². The summed E-state index contributed by atoms with van der Waals surface area (Å²) in [6.45, 7) is 4.21. The molecule has 1 fully saturated rings. The van der Waals surface area contributed by atoms with Gasteiger partial charge in [0.2, 0.25) is 0 Å². The van der Waals surface area contributed by atoms with Gasteiger partial charge in [-0.3, -0.25) is 0 Å². The molecule has 0 spiro atoms. The first-order chi connectivity index (χ1) is 8.24. The van der Waals surface area contributed by atoms with E-state index in [9.17, 15) is 0 Å². The fourth-order valence-electron chi connectivity index (χ4n) is 2.92. The Morgan fingerprint density at radius 1 is 1.12 bits per heavy atom. The first kappa shape index (κ1) is 10.8. The van der Waals surface area contributed by atoms with E-state index in [1.807, 2.05) is 0 Å². The molecule has 0 amide bonds. The van der Waals surface area contributed by atoms with Crippen LogP contribution < -0.4 is 0 Å². The number of benzene rings is 1. The van der Waals surface area contributed by atoms with Crippen molar-refractivity contribution in [2.75, 3.05) is 0 Å². The number of fused-ring (bicyclic) bond motifs is 1. The molecule has 1 aromatic heterocycles. The van der Waals surface area contributed by atoms with Gasteiger partial charge in [0, 0.05) is 5.92 Å². The van der Waals surface area contributed by atoms with Crippen LogP contribution in [0.15, 0.2) is 16.5 Å². The second kappa shape index (κ2) is 4.17. The Labute approximate surface area is 102 Å².